The van der Waals surface area contributed by atoms with Gasteiger partial charge >= 0.3 is 0 Å². The highest BCUT2D eigenvalue weighted by Gasteiger charge is 2.22. The number of hydrogen-bond acceptors (Lipinski definition) is 4. The quantitative estimate of drug-likeness (QED) is 0.814. The molecule has 4 heteroatoms. The molecule has 0 unspecified atom stereocenters. The van der Waals surface area contributed by atoms with E-state index in [1.807, 2.05) is 12.1 Å². The van der Waals surface area contributed by atoms with Crippen LogP contribution in [0.15, 0.2) is 18.3 Å². The van der Waals surface area contributed by atoms with Crippen molar-refractivity contribution < 1.29 is 0 Å². The molecule has 0 N–H and O–H groups in total. The summed E-state index contributed by atoms with van der Waals surface area (Å²) in [6.07, 6.45) is 4.02. The van der Waals surface area contributed by atoms with E-state index in [1.54, 1.807) is 6.20 Å². The molecule has 0 atom stereocenters. The largest absolute Gasteiger partial charge is 0.357 e. The van der Waals surface area contributed by atoms with Crippen molar-refractivity contribution in [1.29, 1.82) is 5.26 Å². The lowest BCUT2D eigenvalue weighted by atomic mass is 10.0. The third-order valence-electron chi connectivity index (χ3n) is 3.79. The van der Waals surface area contributed by atoms with E-state index in [4.69, 9.17) is 5.26 Å². The fourth-order valence-electron chi connectivity index (χ4n) is 2.47. The number of hydrogen-bond donors (Lipinski definition) is 0. The van der Waals surface area contributed by atoms with Crippen LogP contribution in [0.3, 0.4) is 0 Å². The molecule has 0 saturated carbocycles. The van der Waals surface area contributed by atoms with Crippen molar-refractivity contribution in [2.45, 2.75) is 25.8 Å². The summed E-state index contributed by atoms with van der Waals surface area (Å²) in [5.74, 6) is 0.962. The van der Waals surface area contributed by atoms with Crippen molar-refractivity contribution in [3.05, 3.63) is 23.9 Å². The number of rotatable bonds is 3. The predicted octanol–water partition coefficient (Wildman–Crippen LogP) is 1.87. The SMILES string of the molecule is CCN1CCC(N(C)c2ccc(C#N)cn2)CC1. The van der Waals surface area contributed by atoms with E-state index >= 15 is 0 Å². The van der Waals surface area contributed by atoms with Gasteiger partial charge in [-0.3, -0.25) is 0 Å². The van der Waals surface area contributed by atoms with Crippen molar-refractivity contribution in [3.8, 4) is 6.07 Å². The van der Waals surface area contributed by atoms with E-state index in [9.17, 15) is 0 Å². The highest BCUT2D eigenvalue weighted by Crippen LogP contribution is 2.20. The molecule has 1 aliphatic rings. The van der Waals surface area contributed by atoms with Crippen molar-refractivity contribution in [3.63, 3.8) is 0 Å². The Kier molecular flexibility index (Phi) is 4.16. The van der Waals surface area contributed by atoms with Crippen LogP contribution in [0, 0.1) is 11.3 Å². The van der Waals surface area contributed by atoms with E-state index in [-0.39, 0.29) is 0 Å². The molecule has 1 aliphatic heterocycles. The van der Waals surface area contributed by atoms with Crippen LogP contribution in [-0.4, -0.2) is 42.6 Å². The Morgan fingerprint density at radius 1 is 1.44 bits per heavy atom. The summed E-state index contributed by atoms with van der Waals surface area (Å²) in [6.45, 7) is 5.70. The van der Waals surface area contributed by atoms with E-state index < -0.39 is 0 Å². The summed E-state index contributed by atoms with van der Waals surface area (Å²) in [6, 6.07) is 6.43. The van der Waals surface area contributed by atoms with E-state index in [1.165, 1.54) is 25.9 Å². The van der Waals surface area contributed by atoms with Gasteiger partial charge in [-0.2, -0.15) is 5.26 Å². The average Bonchev–Trinajstić information content (AvgIpc) is 2.47. The third kappa shape index (κ3) is 2.80. The highest BCUT2D eigenvalue weighted by molar-refractivity contribution is 5.42. The zero-order chi connectivity index (χ0) is 13.0. The molecular weight excluding hydrogens is 224 g/mol. The van der Waals surface area contributed by atoms with Gasteiger partial charge in [-0.1, -0.05) is 6.92 Å². The lowest BCUT2D eigenvalue weighted by Gasteiger charge is -2.36. The molecule has 1 aromatic rings. The third-order valence-corrected chi connectivity index (χ3v) is 3.79. The Hall–Kier alpha value is -1.60. The maximum absolute atomic E-state index is 8.76. The summed E-state index contributed by atoms with van der Waals surface area (Å²) < 4.78 is 0. The number of aromatic nitrogens is 1. The highest BCUT2D eigenvalue weighted by atomic mass is 15.2. The van der Waals surface area contributed by atoms with Gasteiger partial charge in [-0.05, 0) is 31.5 Å². The smallest absolute Gasteiger partial charge is 0.128 e. The topological polar surface area (TPSA) is 43.2 Å². The predicted molar refractivity (Wildman–Crippen MR) is 72.5 cm³/mol. The number of anilines is 1. The first kappa shape index (κ1) is 12.8. The van der Waals surface area contributed by atoms with Crippen LogP contribution in [0.4, 0.5) is 5.82 Å². The van der Waals surface area contributed by atoms with Crippen molar-refractivity contribution in [2.24, 2.45) is 0 Å². The molecule has 2 rings (SSSR count). The number of nitrogens with zero attached hydrogens (tertiary/aromatic N) is 4. The summed E-state index contributed by atoms with van der Waals surface area (Å²) in [5, 5.41) is 8.76. The number of likely N-dealkylation sites (tertiary alicyclic amines) is 1. The van der Waals surface area contributed by atoms with Crippen molar-refractivity contribution >= 4 is 5.82 Å². The maximum Gasteiger partial charge on any atom is 0.128 e. The van der Waals surface area contributed by atoms with E-state index in [0.29, 0.717) is 11.6 Å². The first-order valence-electron chi connectivity index (χ1n) is 6.56. The summed E-state index contributed by atoms with van der Waals surface area (Å²) in [7, 11) is 2.10. The molecule has 1 fully saturated rings. The molecule has 4 nitrogen and oxygen atoms in total. The molecule has 0 aliphatic carbocycles. The molecule has 18 heavy (non-hydrogen) atoms. The lowest BCUT2D eigenvalue weighted by molar-refractivity contribution is 0.220. The van der Waals surface area contributed by atoms with Crippen molar-refractivity contribution in [2.75, 3.05) is 31.6 Å². The standard InChI is InChI=1S/C14H20N4/c1-3-18-8-6-13(7-9-18)17(2)14-5-4-12(10-15)11-16-14/h4-5,11,13H,3,6-9H2,1-2H3. The lowest BCUT2D eigenvalue weighted by Crippen LogP contribution is -2.43. The van der Waals surface area contributed by atoms with Crippen LogP contribution in [-0.2, 0) is 0 Å². The molecule has 96 valence electrons. The van der Waals surface area contributed by atoms with Crippen LogP contribution in [0.1, 0.15) is 25.3 Å². The molecule has 0 spiro atoms. The summed E-state index contributed by atoms with van der Waals surface area (Å²) in [5.41, 5.74) is 0.618. The molecule has 2 heterocycles. The number of pyridine rings is 1. The molecule has 0 amide bonds. The van der Waals surface area contributed by atoms with Crippen molar-refractivity contribution in [1.82, 2.24) is 9.88 Å². The van der Waals surface area contributed by atoms with Crippen LogP contribution in [0.2, 0.25) is 0 Å². The zero-order valence-electron chi connectivity index (χ0n) is 11.1. The molecule has 1 saturated heterocycles. The molecule has 0 radical (unpaired) electrons. The first-order chi connectivity index (χ1) is 8.74. The molecule has 0 aromatic carbocycles. The Morgan fingerprint density at radius 2 is 2.17 bits per heavy atom. The van der Waals surface area contributed by atoms with Gasteiger partial charge in [0.25, 0.3) is 0 Å². The van der Waals surface area contributed by atoms with Gasteiger partial charge in [-0.25, -0.2) is 4.98 Å². The van der Waals surface area contributed by atoms with Gasteiger partial charge in [0.15, 0.2) is 0 Å². The summed E-state index contributed by atoms with van der Waals surface area (Å²) in [4.78, 5) is 9.08. The number of nitriles is 1. The van der Waals surface area contributed by atoms with E-state index in [2.05, 4.69) is 34.8 Å². The van der Waals surface area contributed by atoms with Gasteiger partial charge < -0.3 is 9.80 Å². The van der Waals surface area contributed by atoms with Crippen LogP contribution < -0.4 is 4.90 Å². The second-order valence-corrected chi connectivity index (χ2v) is 4.79. The Balaban J connectivity index is 1.98. The van der Waals surface area contributed by atoms with Gasteiger partial charge in [0, 0.05) is 32.4 Å². The minimum atomic E-state index is 0.563. The van der Waals surface area contributed by atoms with E-state index in [0.717, 1.165) is 12.4 Å². The first-order valence-corrected chi connectivity index (χ1v) is 6.56. The minimum Gasteiger partial charge on any atom is -0.357 e. The molecule has 1 aromatic heterocycles. The minimum absolute atomic E-state index is 0.563. The van der Waals surface area contributed by atoms with Gasteiger partial charge in [0.1, 0.15) is 11.9 Å². The van der Waals surface area contributed by atoms with Crippen LogP contribution in [0.25, 0.3) is 0 Å². The van der Waals surface area contributed by atoms with Crippen LogP contribution >= 0.6 is 0 Å². The Bertz CT molecular complexity index is 412. The van der Waals surface area contributed by atoms with Gasteiger partial charge in [-0.15, -0.1) is 0 Å². The number of piperidine rings is 1. The fraction of sp³-hybridized carbons (Fsp3) is 0.571. The Morgan fingerprint density at radius 3 is 2.67 bits per heavy atom. The second-order valence-electron chi connectivity index (χ2n) is 4.79. The molecule has 0 bridgehead atoms. The van der Waals surface area contributed by atoms with Gasteiger partial charge in [0.2, 0.25) is 0 Å². The average molecular weight is 244 g/mol. The Labute approximate surface area is 109 Å². The van der Waals surface area contributed by atoms with Gasteiger partial charge in [0.05, 0.1) is 5.56 Å². The van der Waals surface area contributed by atoms with Crippen LogP contribution in [0.5, 0.6) is 0 Å². The zero-order valence-corrected chi connectivity index (χ0v) is 11.1. The monoisotopic (exact) mass is 244 g/mol. The molecular formula is C14H20N4. The maximum atomic E-state index is 8.76. The normalized spacial score (nSPS) is 17.4. The fourth-order valence-corrected chi connectivity index (χ4v) is 2.47. The summed E-state index contributed by atoms with van der Waals surface area (Å²) >= 11 is 0. The second kappa shape index (κ2) is 5.83.